The average Bonchev–Trinajstić information content (AvgIpc) is 3.03. The molecule has 25 heavy (non-hydrogen) atoms. The molecule has 1 saturated heterocycles. The number of benzene rings is 1. The van der Waals surface area contributed by atoms with Gasteiger partial charge in [0.15, 0.2) is 0 Å². The van der Waals surface area contributed by atoms with E-state index in [1.807, 2.05) is 17.4 Å². The minimum absolute atomic E-state index is 0.344. The van der Waals surface area contributed by atoms with E-state index in [0.717, 1.165) is 5.56 Å². The van der Waals surface area contributed by atoms with Crippen molar-refractivity contribution in [3.8, 4) is 0 Å². The lowest BCUT2D eigenvalue weighted by molar-refractivity contribution is -0.140. The van der Waals surface area contributed by atoms with Crippen LogP contribution in [0, 0.1) is 0 Å². The standard InChI is InChI=1S/C16H19ClF3N3O2/c17-12-5-3-11(4-6-12)7-8-21-15(25)23-9-1-2-13(23)14(24)22-10-16(18,19)20/h3-6,13H,1-2,7-10H2,(H,21,25)(H,22,24). The maximum atomic E-state index is 12.2. The zero-order valence-electron chi connectivity index (χ0n) is 13.4. The number of likely N-dealkylation sites (tertiary alicyclic amines) is 1. The molecule has 1 heterocycles. The Bertz CT molecular complexity index is 608. The minimum atomic E-state index is -4.47. The van der Waals surface area contributed by atoms with Gasteiger partial charge in [-0.05, 0) is 37.0 Å². The van der Waals surface area contributed by atoms with Crippen LogP contribution >= 0.6 is 11.6 Å². The minimum Gasteiger partial charge on any atom is -0.345 e. The van der Waals surface area contributed by atoms with Crippen LogP contribution in [-0.4, -0.2) is 48.7 Å². The van der Waals surface area contributed by atoms with E-state index in [1.165, 1.54) is 4.90 Å². The molecule has 0 aliphatic carbocycles. The van der Waals surface area contributed by atoms with Gasteiger partial charge in [-0.3, -0.25) is 4.79 Å². The normalized spacial score (nSPS) is 17.4. The summed E-state index contributed by atoms with van der Waals surface area (Å²) < 4.78 is 36.6. The number of rotatable bonds is 5. The Morgan fingerprint density at radius 1 is 1.20 bits per heavy atom. The van der Waals surface area contributed by atoms with Crippen molar-refractivity contribution in [1.29, 1.82) is 0 Å². The third-order valence-electron chi connectivity index (χ3n) is 3.88. The van der Waals surface area contributed by atoms with Gasteiger partial charge in [0.05, 0.1) is 0 Å². The summed E-state index contributed by atoms with van der Waals surface area (Å²) in [6.07, 6.45) is -2.95. The highest BCUT2D eigenvalue weighted by molar-refractivity contribution is 6.30. The Balaban J connectivity index is 1.81. The Kier molecular flexibility index (Phi) is 6.52. The van der Waals surface area contributed by atoms with Crippen molar-refractivity contribution >= 4 is 23.5 Å². The number of carbonyl (C=O) groups excluding carboxylic acids is 2. The first-order valence-corrected chi connectivity index (χ1v) is 8.27. The molecule has 2 N–H and O–H groups in total. The maximum absolute atomic E-state index is 12.2. The number of carbonyl (C=O) groups is 2. The molecule has 0 radical (unpaired) electrons. The van der Waals surface area contributed by atoms with Crippen LogP contribution in [0.4, 0.5) is 18.0 Å². The van der Waals surface area contributed by atoms with Crippen LogP contribution in [0.15, 0.2) is 24.3 Å². The molecule has 1 aromatic rings. The molecule has 1 aliphatic heterocycles. The SMILES string of the molecule is O=C(NCC(F)(F)F)C1CCCN1C(=O)NCCc1ccc(Cl)cc1. The zero-order chi connectivity index (χ0) is 18.4. The summed E-state index contributed by atoms with van der Waals surface area (Å²) in [7, 11) is 0. The summed E-state index contributed by atoms with van der Waals surface area (Å²) in [5.41, 5.74) is 0.991. The lowest BCUT2D eigenvalue weighted by Crippen LogP contribution is -2.51. The summed E-state index contributed by atoms with van der Waals surface area (Å²) in [6.45, 7) is -0.695. The molecule has 5 nitrogen and oxygen atoms in total. The van der Waals surface area contributed by atoms with Crippen LogP contribution in [0.1, 0.15) is 18.4 Å². The number of hydrogen-bond acceptors (Lipinski definition) is 2. The maximum Gasteiger partial charge on any atom is 0.405 e. The molecule has 0 aromatic heterocycles. The fraction of sp³-hybridized carbons (Fsp3) is 0.500. The molecule has 0 saturated carbocycles. The second-order valence-corrected chi connectivity index (χ2v) is 6.23. The number of nitrogens with zero attached hydrogens (tertiary/aromatic N) is 1. The topological polar surface area (TPSA) is 61.4 Å². The van der Waals surface area contributed by atoms with Gasteiger partial charge < -0.3 is 15.5 Å². The van der Waals surface area contributed by atoms with Crippen LogP contribution in [0.2, 0.25) is 5.02 Å². The van der Waals surface area contributed by atoms with Crippen molar-refractivity contribution in [2.75, 3.05) is 19.6 Å². The van der Waals surface area contributed by atoms with Crippen molar-refractivity contribution < 1.29 is 22.8 Å². The predicted molar refractivity (Wildman–Crippen MR) is 87.3 cm³/mol. The van der Waals surface area contributed by atoms with Gasteiger partial charge in [0.1, 0.15) is 12.6 Å². The Morgan fingerprint density at radius 2 is 1.88 bits per heavy atom. The Morgan fingerprint density at radius 3 is 2.52 bits per heavy atom. The van der Waals surface area contributed by atoms with E-state index in [-0.39, 0.29) is 0 Å². The highest BCUT2D eigenvalue weighted by atomic mass is 35.5. The molecule has 1 fully saturated rings. The fourth-order valence-electron chi connectivity index (χ4n) is 2.65. The van der Waals surface area contributed by atoms with Crippen molar-refractivity contribution in [3.05, 3.63) is 34.9 Å². The fourth-order valence-corrected chi connectivity index (χ4v) is 2.78. The van der Waals surface area contributed by atoms with Gasteiger partial charge in [0, 0.05) is 18.1 Å². The largest absolute Gasteiger partial charge is 0.405 e. The van der Waals surface area contributed by atoms with Crippen LogP contribution in [0.5, 0.6) is 0 Å². The smallest absolute Gasteiger partial charge is 0.345 e. The van der Waals surface area contributed by atoms with Gasteiger partial charge >= 0.3 is 12.2 Å². The quantitative estimate of drug-likeness (QED) is 0.828. The first-order valence-electron chi connectivity index (χ1n) is 7.89. The second-order valence-electron chi connectivity index (χ2n) is 5.79. The van der Waals surface area contributed by atoms with E-state index < -0.39 is 30.7 Å². The van der Waals surface area contributed by atoms with E-state index in [0.29, 0.717) is 37.4 Å². The lowest BCUT2D eigenvalue weighted by atomic mass is 10.1. The predicted octanol–water partition coefficient (Wildman–Crippen LogP) is 2.74. The molecule has 1 aliphatic rings. The molecule has 1 aromatic carbocycles. The molecule has 0 spiro atoms. The highest BCUT2D eigenvalue weighted by Crippen LogP contribution is 2.18. The van der Waals surface area contributed by atoms with E-state index in [2.05, 4.69) is 5.32 Å². The number of halogens is 4. The molecule has 138 valence electrons. The molecule has 9 heteroatoms. The highest BCUT2D eigenvalue weighted by Gasteiger charge is 2.36. The lowest BCUT2D eigenvalue weighted by Gasteiger charge is -2.24. The van der Waals surface area contributed by atoms with Gasteiger partial charge in [-0.1, -0.05) is 23.7 Å². The molecule has 3 amide bonds. The van der Waals surface area contributed by atoms with Gasteiger partial charge in [-0.2, -0.15) is 13.2 Å². The van der Waals surface area contributed by atoms with Crippen LogP contribution in [0.3, 0.4) is 0 Å². The number of nitrogens with one attached hydrogen (secondary N) is 2. The van der Waals surface area contributed by atoms with Gasteiger partial charge in [0.25, 0.3) is 0 Å². The molecule has 1 atom stereocenters. The Labute approximate surface area is 148 Å². The summed E-state index contributed by atoms with van der Waals surface area (Å²) >= 11 is 5.80. The van der Waals surface area contributed by atoms with Crippen LogP contribution < -0.4 is 10.6 Å². The van der Waals surface area contributed by atoms with Crippen molar-refractivity contribution in [2.24, 2.45) is 0 Å². The number of alkyl halides is 3. The zero-order valence-corrected chi connectivity index (χ0v) is 14.2. The summed E-state index contributed by atoms with van der Waals surface area (Å²) in [4.78, 5) is 25.4. The summed E-state index contributed by atoms with van der Waals surface area (Å²) in [5.74, 6) is -0.775. The van der Waals surface area contributed by atoms with Gasteiger partial charge in [0.2, 0.25) is 5.91 Å². The molecule has 0 bridgehead atoms. The molecule has 1 unspecified atom stereocenters. The van der Waals surface area contributed by atoms with Crippen LogP contribution in [-0.2, 0) is 11.2 Å². The monoisotopic (exact) mass is 377 g/mol. The molecule has 2 rings (SSSR count). The Hall–Kier alpha value is -1.96. The number of amides is 3. The van der Waals surface area contributed by atoms with Crippen LogP contribution in [0.25, 0.3) is 0 Å². The van der Waals surface area contributed by atoms with E-state index in [9.17, 15) is 22.8 Å². The number of urea groups is 1. The first kappa shape index (κ1) is 19.4. The van der Waals surface area contributed by atoms with E-state index in [1.54, 1.807) is 12.1 Å². The summed E-state index contributed by atoms with van der Waals surface area (Å²) in [5, 5.41) is 5.16. The first-order chi connectivity index (χ1) is 11.8. The van der Waals surface area contributed by atoms with E-state index >= 15 is 0 Å². The third-order valence-corrected chi connectivity index (χ3v) is 4.13. The average molecular weight is 378 g/mol. The third kappa shape index (κ3) is 6.12. The van der Waals surface area contributed by atoms with Crippen molar-refractivity contribution in [2.45, 2.75) is 31.5 Å². The van der Waals surface area contributed by atoms with Crippen molar-refractivity contribution in [1.82, 2.24) is 15.5 Å². The van der Waals surface area contributed by atoms with Gasteiger partial charge in [-0.25, -0.2) is 4.79 Å². The second kappa shape index (κ2) is 8.42. The number of hydrogen-bond donors (Lipinski definition) is 2. The molecular weight excluding hydrogens is 359 g/mol. The molecular formula is C16H19ClF3N3O2. The van der Waals surface area contributed by atoms with Crippen molar-refractivity contribution in [3.63, 3.8) is 0 Å². The van der Waals surface area contributed by atoms with Gasteiger partial charge in [-0.15, -0.1) is 0 Å². The van der Waals surface area contributed by atoms with E-state index in [4.69, 9.17) is 11.6 Å². The summed E-state index contributed by atoms with van der Waals surface area (Å²) in [6, 6.07) is 5.88.